The first kappa shape index (κ1) is 23.3. The van der Waals surface area contributed by atoms with E-state index < -0.39 is 11.0 Å². The largest absolute Gasteiger partial charge is 0.504 e. The number of amides is 1. The lowest BCUT2D eigenvalue weighted by molar-refractivity contribution is -0.192. The van der Waals surface area contributed by atoms with E-state index in [4.69, 9.17) is 4.74 Å². The Labute approximate surface area is 223 Å². The zero-order valence-corrected chi connectivity index (χ0v) is 22.0. The molecule has 3 aliphatic heterocycles. The summed E-state index contributed by atoms with van der Waals surface area (Å²) >= 11 is 0. The van der Waals surface area contributed by atoms with Crippen molar-refractivity contribution in [1.29, 1.82) is 0 Å². The second-order valence-electron chi connectivity index (χ2n) is 12.8. The minimum Gasteiger partial charge on any atom is -0.504 e. The molecule has 38 heavy (non-hydrogen) atoms. The van der Waals surface area contributed by atoms with Crippen LogP contribution < -0.4 is 10.1 Å². The van der Waals surface area contributed by atoms with Crippen molar-refractivity contribution in [3.63, 3.8) is 0 Å². The number of ether oxygens (including phenoxy) is 1. The van der Waals surface area contributed by atoms with Crippen molar-refractivity contribution in [3.05, 3.63) is 58.7 Å². The molecular formula is C31H37N3O4. The fourth-order valence-corrected chi connectivity index (χ4v) is 8.85. The Morgan fingerprint density at radius 1 is 1.08 bits per heavy atom. The molecule has 3 fully saturated rings. The van der Waals surface area contributed by atoms with Crippen LogP contribution in [0.15, 0.2) is 36.4 Å². The highest BCUT2D eigenvalue weighted by molar-refractivity contribution is 5.83. The van der Waals surface area contributed by atoms with E-state index in [0.29, 0.717) is 25.0 Å². The number of phenolic OH excluding ortho intramolecular Hbond substituents is 1. The molecule has 7 heteroatoms. The number of aliphatic hydroxyl groups is 1. The first-order chi connectivity index (χ1) is 18.4. The number of hydrogen-bond acceptors (Lipinski definition) is 6. The molecule has 2 aromatic carbocycles. The van der Waals surface area contributed by atoms with Gasteiger partial charge < -0.3 is 20.3 Å². The summed E-state index contributed by atoms with van der Waals surface area (Å²) in [5, 5.41) is 26.9. The van der Waals surface area contributed by atoms with Crippen molar-refractivity contribution in [2.45, 2.75) is 86.7 Å². The van der Waals surface area contributed by atoms with Gasteiger partial charge in [0, 0.05) is 24.7 Å². The van der Waals surface area contributed by atoms with Crippen molar-refractivity contribution < 1.29 is 19.7 Å². The average molecular weight is 516 g/mol. The van der Waals surface area contributed by atoms with Gasteiger partial charge in [-0.05, 0) is 87.2 Å². The van der Waals surface area contributed by atoms with Gasteiger partial charge in [0.05, 0.1) is 23.1 Å². The third-order valence-corrected chi connectivity index (χ3v) is 10.9. The van der Waals surface area contributed by atoms with Crippen LogP contribution in [0.2, 0.25) is 0 Å². The number of hydrogen-bond donors (Lipinski definition) is 3. The predicted molar refractivity (Wildman–Crippen MR) is 142 cm³/mol. The van der Waals surface area contributed by atoms with Gasteiger partial charge >= 0.3 is 0 Å². The Balaban J connectivity index is 1.13. The van der Waals surface area contributed by atoms with E-state index >= 15 is 0 Å². The number of likely N-dealkylation sites (tertiary alicyclic amines) is 1. The molecule has 8 rings (SSSR count). The highest BCUT2D eigenvalue weighted by Gasteiger charge is 2.73. The van der Waals surface area contributed by atoms with Gasteiger partial charge in [-0.15, -0.1) is 0 Å². The Kier molecular flexibility index (Phi) is 4.88. The molecule has 2 saturated carbocycles. The molecule has 1 saturated heterocycles. The molecule has 7 nitrogen and oxygen atoms in total. The van der Waals surface area contributed by atoms with Crippen LogP contribution >= 0.6 is 0 Å². The fourth-order valence-electron chi connectivity index (χ4n) is 8.85. The van der Waals surface area contributed by atoms with E-state index in [0.717, 1.165) is 44.0 Å². The lowest BCUT2D eigenvalue weighted by atomic mass is 9.48. The van der Waals surface area contributed by atoms with Gasteiger partial charge in [0.1, 0.15) is 6.10 Å². The number of nitrogens with zero attached hydrogens (tertiary/aromatic N) is 2. The van der Waals surface area contributed by atoms with Gasteiger partial charge in [0.2, 0.25) is 5.91 Å². The molecule has 1 spiro atoms. The van der Waals surface area contributed by atoms with E-state index in [1.165, 1.54) is 29.5 Å². The summed E-state index contributed by atoms with van der Waals surface area (Å²) in [6, 6.07) is 11.7. The number of fused-ring (bicyclic) bond motifs is 1. The van der Waals surface area contributed by atoms with Crippen LogP contribution in [0.1, 0.15) is 54.4 Å². The summed E-state index contributed by atoms with van der Waals surface area (Å²) in [7, 11) is 2.02. The van der Waals surface area contributed by atoms with Crippen LogP contribution in [-0.2, 0) is 29.6 Å². The molecule has 0 unspecified atom stereocenters. The number of benzene rings is 2. The van der Waals surface area contributed by atoms with Crippen LogP contribution in [0, 0.1) is 5.92 Å². The molecule has 200 valence electrons. The fraction of sp³-hybridized carbons (Fsp3) is 0.581. The van der Waals surface area contributed by atoms with Gasteiger partial charge in [-0.25, -0.2) is 0 Å². The predicted octanol–water partition coefficient (Wildman–Crippen LogP) is 2.50. The van der Waals surface area contributed by atoms with Gasteiger partial charge in [-0.3, -0.25) is 14.6 Å². The molecule has 2 bridgehead atoms. The van der Waals surface area contributed by atoms with E-state index in [2.05, 4.69) is 33.3 Å². The first-order valence-corrected chi connectivity index (χ1v) is 14.4. The summed E-state index contributed by atoms with van der Waals surface area (Å²) < 4.78 is 6.63. The van der Waals surface area contributed by atoms with Crippen LogP contribution in [0.4, 0.5) is 0 Å². The van der Waals surface area contributed by atoms with Crippen LogP contribution in [-0.4, -0.2) is 75.9 Å². The Morgan fingerprint density at radius 2 is 1.89 bits per heavy atom. The average Bonchev–Trinajstić information content (AvgIpc) is 3.65. The lowest BCUT2D eigenvalue weighted by Gasteiger charge is -2.64. The van der Waals surface area contributed by atoms with E-state index in [9.17, 15) is 15.0 Å². The maximum absolute atomic E-state index is 13.8. The van der Waals surface area contributed by atoms with Crippen LogP contribution in [0.25, 0.3) is 0 Å². The van der Waals surface area contributed by atoms with Crippen LogP contribution in [0.3, 0.4) is 0 Å². The van der Waals surface area contributed by atoms with Gasteiger partial charge in [-0.2, -0.15) is 0 Å². The van der Waals surface area contributed by atoms with Gasteiger partial charge in [-0.1, -0.05) is 30.3 Å². The molecule has 0 radical (unpaired) electrons. The molecule has 2 aromatic rings. The number of carbonyl (C=O) groups excluding carboxylic acids is 1. The zero-order chi connectivity index (χ0) is 25.8. The van der Waals surface area contributed by atoms with Crippen molar-refractivity contribution in [2.75, 3.05) is 20.1 Å². The number of aromatic hydroxyl groups is 1. The molecule has 6 aliphatic rings. The number of piperidine rings is 1. The molecule has 0 aromatic heterocycles. The lowest BCUT2D eigenvalue weighted by Crippen LogP contribution is -2.78. The molecule has 1 amide bonds. The third kappa shape index (κ3) is 3.04. The highest BCUT2D eigenvalue weighted by atomic mass is 16.5. The minimum atomic E-state index is -0.932. The number of nitrogens with one attached hydrogen (secondary N) is 1. The molecule has 3 aliphatic carbocycles. The van der Waals surface area contributed by atoms with Crippen molar-refractivity contribution in [3.8, 4) is 11.5 Å². The third-order valence-electron chi connectivity index (χ3n) is 10.9. The van der Waals surface area contributed by atoms with E-state index in [-0.39, 0.29) is 35.9 Å². The van der Waals surface area contributed by atoms with E-state index in [1.807, 2.05) is 19.2 Å². The second kappa shape index (κ2) is 7.96. The first-order valence-electron chi connectivity index (χ1n) is 14.4. The Morgan fingerprint density at radius 3 is 2.71 bits per heavy atom. The maximum Gasteiger partial charge on any atom is 0.238 e. The monoisotopic (exact) mass is 515 g/mol. The van der Waals surface area contributed by atoms with E-state index in [1.54, 1.807) is 6.07 Å². The van der Waals surface area contributed by atoms with Gasteiger partial charge in [0.15, 0.2) is 11.5 Å². The molecular weight excluding hydrogens is 478 g/mol. The summed E-state index contributed by atoms with van der Waals surface area (Å²) in [4.78, 5) is 18.5. The summed E-state index contributed by atoms with van der Waals surface area (Å²) in [5.74, 6) is 1.46. The topological polar surface area (TPSA) is 85.3 Å². The number of phenols is 1. The van der Waals surface area contributed by atoms with Crippen molar-refractivity contribution in [1.82, 2.24) is 15.1 Å². The van der Waals surface area contributed by atoms with Crippen molar-refractivity contribution >= 4 is 5.91 Å². The number of carbonyl (C=O) groups is 1. The quantitative estimate of drug-likeness (QED) is 0.580. The summed E-state index contributed by atoms with van der Waals surface area (Å²) in [5.41, 5.74) is 3.17. The normalized spacial score (nSPS) is 37.2. The van der Waals surface area contributed by atoms with Crippen LogP contribution in [0.5, 0.6) is 11.5 Å². The van der Waals surface area contributed by atoms with Crippen molar-refractivity contribution in [2.24, 2.45) is 5.92 Å². The number of rotatable bonds is 4. The minimum absolute atomic E-state index is 0.0244. The number of likely N-dealkylation sites (N-methyl/N-ethyl adjacent to an activating group) is 1. The second-order valence-corrected chi connectivity index (χ2v) is 12.8. The smallest absolute Gasteiger partial charge is 0.238 e. The summed E-state index contributed by atoms with van der Waals surface area (Å²) in [6.45, 7) is 2.73. The SMILES string of the molecule is CN1Cc2ccccc2C[C@H]1C(=O)N[C@@H]1CC[C@@]2(O)[C@H]3Cc4ccc(O)c5c4[C@@]2(CCN3CC2CC2)[C@H]1O5. The zero-order valence-electron chi connectivity index (χ0n) is 22.0. The highest BCUT2D eigenvalue weighted by Crippen LogP contribution is 2.65. The maximum atomic E-state index is 13.8. The molecule has 6 atom stereocenters. The Bertz CT molecular complexity index is 1330. The van der Waals surface area contributed by atoms with Gasteiger partial charge in [0.25, 0.3) is 0 Å². The summed E-state index contributed by atoms with van der Waals surface area (Å²) in [6.07, 6.45) is 5.75. The Hall–Kier alpha value is -2.61. The standard InChI is InChI=1S/C31H37N3O4/c1-33-17-21-5-3-2-4-19(21)14-23(33)29(36)32-22-10-11-31(37)25-15-20-8-9-24(35)27-26(20)30(31,28(22)38-27)12-13-34(25)16-18-6-7-18/h2-5,8-9,18,22-23,25,28,35,37H,6-7,10-17H2,1H3,(H,32,36)/t22-,23+,25-,28+,30+,31-/m1/s1. The molecule has 3 N–H and O–H groups in total. The molecule has 3 heterocycles.